The summed E-state index contributed by atoms with van der Waals surface area (Å²) in [6, 6.07) is 20.6. The topological polar surface area (TPSA) is 72.0 Å². The van der Waals surface area contributed by atoms with Crippen LogP contribution in [0.4, 0.5) is 5.95 Å². The van der Waals surface area contributed by atoms with Crippen LogP contribution in [-0.4, -0.2) is 18.4 Å². The minimum absolute atomic E-state index is 0.0443. The van der Waals surface area contributed by atoms with Crippen molar-refractivity contribution in [3.8, 4) is 0 Å². The van der Waals surface area contributed by atoms with Crippen molar-refractivity contribution in [1.29, 1.82) is 0 Å². The first-order valence-corrected chi connectivity index (χ1v) is 12.4. The van der Waals surface area contributed by atoms with Crippen LogP contribution >= 0.6 is 23.4 Å². The Kier molecular flexibility index (Phi) is 6.18. The van der Waals surface area contributed by atoms with Crippen molar-refractivity contribution >= 4 is 50.2 Å². The van der Waals surface area contributed by atoms with Crippen molar-refractivity contribution in [3.63, 3.8) is 0 Å². The van der Waals surface area contributed by atoms with Crippen molar-refractivity contribution in [1.82, 2.24) is 9.97 Å². The first kappa shape index (κ1) is 21.6. The second-order valence-electron chi connectivity index (χ2n) is 7.08. The molecule has 0 atom stereocenters. The Labute approximate surface area is 190 Å². The Bertz CT molecular complexity index is 1360. The van der Waals surface area contributed by atoms with Crippen LogP contribution in [0.1, 0.15) is 16.8 Å². The number of sulfonamides is 1. The third kappa shape index (κ3) is 4.84. The summed E-state index contributed by atoms with van der Waals surface area (Å²) in [5, 5.41) is 1.40. The summed E-state index contributed by atoms with van der Waals surface area (Å²) >= 11 is 7.73. The highest BCUT2D eigenvalue weighted by atomic mass is 35.5. The number of hydrogen-bond acceptors (Lipinski definition) is 5. The Morgan fingerprint density at radius 1 is 0.968 bits per heavy atom. The smallest absolute Gasteiger partial charge is 0.247 e. The predicted molar refractivity (Wildman–Crippen MR) is 127 cm³/mol. The van der Waals surface area contributed by atoms with E-state index >= 15 is 0 Å². The minimum Gasteiger partial charge on any atom is -0.247 e. The van der Waals surface area contributed by atoms with Crippen molar-refractivity contribution in [3.05, 3.63) is 88.6 Å². The van der Waals surface area contributed by atoms with Gasteiger partial charge in [0, 0.05) is 21.1 Å². The van der Waals surface area contributed by atoms with E-state index < -0.39 is 10.0 Å². The van der Waals surface area contributed by atoms with Crippen LogP contribution in [0.15, 0.2) is 76.5 Å². The lowest BCUT2D eigenvalue weighted by Crippen LogP contribution is -2.16. The van der Waals surface area contributed by atoms with Crippen molar-refractivity contribution in [2.75, 3.05) is 4.72 Å². The second kappa shape index (κ2) is 8.86. The van der Waals surface area contributed by atoms with Gasteiger partial charge in [0.05, 0.1) is 11.2 Å². The molecule has 0 aliphatic carbocycles. The van der Waals surface area contributed by atoms with E-state index in [4.69, 9.17) is 11.6 Å². The average molecular weight is 470 g/mol. The molecule has 1 aromatic heterocycles. The molecule has 0 spiro atoms. The summed E-state index contributed by atoms with van der Waals surface area (Å²) in [6.07, 6.45) is 0. The summed E-state index contributed by atoms with van der Waals surface area (Å²) < 4.78 is 29.1. The molecule has 0 unspecified atom stereocenters. The van der Waals surface area contributed by atoms with Crippen LogP contribution < -0.4 is 4.72 Å². The summed E-state index contributed by atoms with van der Waals surface area (Å²) in [5.74, 6) is 0.664. The summed E-state index contributed by atoms with van der Waals surface area (Å²) in [6.45, 7) is 3.61. The molecule has 0 fully saturated rings. The van der Waals surface area contributed by atoms with E-state index in [9.17, 15) is 8.42 Å². The molecule has 31 heavy (non-hydrogen) atoms. The number of anilines is 1. The molecule has 158 valence electrons. The van der Waals surface area contributed by atoms with Gasteiger partial charge in [-0.25, -0.2) is 23.1 Å². The van der Waals surface area contributed by atoms with Gasteiger partial charge in [0.15, 0.2) is 0 Å². The zero-order chi connectivity index (χ0) is 22.0. The van der Waals surface area contributed by atoms with Crippen molar-refractivity contribution in [2.24, 2.45) is 0 Å². The molecule has 0 bridgehead atoms. The van der Waals surface area contributed by atoms with Crippen LogP contribution in [0.5, 0.6) is 0 Å². The van der Waals surface area contributed by atoms with Gasteiger partial charge in [-0.3, -0.25) is 0 Å². The molecule has 0 aliphatic heterocycles. The van der Waals surface area contributed by atoms with E-state index in [2.05, 4.69) is 14.7 Å². The maximum absolute atomic E-state index is 13.3. The van der Waals surface area contributed by atoms with Gasteiger partial charge < -0.3 is 0 Å². The normalized spacial score (nSPS) is 11.6. The third-order valence-electron chi connectivity index (χ3n) is 4.77. The number of fused-ring (bicyclic) bond motifs is 1. The van der Waals surface area contributed by atoms with E-state index in [1.165, 1.54) is 11.8 Å². The lowest BCUT2D eigenvalue weighted by molar-refractivity contribution is 0.598. The molecule has 0 saturated heterocycles. The molecule has 8 heteroatoms. The Morgan fingerprint density at radius 3 is 2.45 bits per heavy atom. The number of rotatable bonds is 6. The number of thioether (sulfide) groups is 1. The lowest BCUT2D eigenvalue weighted by atomic mass is 10.2. The Hall–Kier alpha value is -2.61. The first-order chi connectivity index (χ1) is 14.8. The van der Waals surface area contributed by atoms with E-state index in [0.29, 0.717) is 32.4 Å². The summed E-state index contributed by atoms with van der Waals surface area (Å²) in [7, 11) is -3.93. The molecule has 5 nitrogen and oxygen atoms in total. The molecular formula is C23H20ClN3O2S2. The molecule has 1 heterocycles. The minimum atomic E-state index is -3.93. The fraction of sp³-hybridized carbons (Fsp3) is 0.130. The molecule has 0 amide bonds. The van der Waals surface area contributed by atoms with Gasteiger partial charge in [0.25, 0.3) is 10.0 Å². The number of para-hydroxylation sites is 1. The van der Waals surface area contributed by atoms with Gasteiger partial charge in [0.1, 0.15) is 4.90 Å². The number of benzene rings is 3. The van der Waals surface area contributed by atoms with Crippen LogP contribution in [0.25, 0.3) is 10.9 Å². The summed E-state index contributed by atoms with van der Waals surface area (Å²) in [4.78, 5) is 9.45. The van der Waals surface area contributed by atoms with Gasteiger partial charge in [-0.1, -0.05) is 60.1 Å². The highest BCUT2D eigenvalue weighted by molar-refractivity contribution is 7.99. The SMILES string of the molecule is Cc1cc(S(=O)(=O)Nc2nc(C)c3ccccc3n2)c(SCc2ccccc2)cc1Cl. The van der Waals surface area contributed by atoms with Crippen LogP contribution in [-0.2, 0) is 15.8 Å². The molecule has 0 saturated carbocycles. The molecule has 0 aliphatic rings. The Morgan fingerprint density at radius 2 is 1.68 bits per heavy atom. The summed E-state index contributed by atoms with van der Waals surface area (Å²) in [5.41, 5.74) is 3.16. The zero-order valence-electron chi connectivity index (χ0n) is 17.0. The van der Waals surface area contributed by atoms with E-state index in [1.54, 1.807) is 19.1 Å². The van der Waals surface area contributed by atoms with E-state index in [1.807, 2.05) is 61.5 Å². The molecule has 0 radical (unpaired) electrons. The van der Waals surface area contributed by atoms with Gasteiger partial charge >= 0.3 is 0 Å². The second-order valence-corrected chi connectivity index (χ2v) is 10.2. The van der Waals surface area contributed by atoms with Crippen molar-refractivity contribution < 1.29 is 8.42 Å². The predicted octanol–water partition coefficient (Wildman–Crippen LogP) is 5.99. The Balaban J connectivity index is 1.69. The molecule has 4 rings (SSSR count). The van der Waals surface area contributed by atoms with Gasteiger partial charge in [-0.2, -0.15) is 0 Å². The largest absolute Gasteiger partial charge is 0.265 e. The fourth-order valence-corrected chi connectivity index (χ4v) is 5.90. The molecule has 4 aromatic rings. The quantitative estimate of drug-likeness (QED) is 0.351. The first-order valence-electron chi connectivity index (χ1n) is 9.56. The third-order valence-corrected chi connectivity index (χ3v) is 7.80. The molecule has 1 N–H and O–H groups in total. The number of nitrogens with zero attached hydrogens (tertiary/aromatic N) is 2. The lowest BCUT2D eigenvalue weighted by Gasteiger charge is -2.14. The highest BCUT2D eigenvalue weighted by Gasteiger charge is 2.22. The van der Waals surface area contributed by atoms with Crippen LogP contribution in [0.2, 0.25) is 5.02 Å². The zero-order valence-corrected chi connectivity index (χ0v) is 19.4. The highest BCUT2D eigenvalue weighted by Crippen LogP contribution is 2.34. The van der Waals surface area contributed by atoms with E-state index in [-0.39, 0.29) is 10.8 Å². The number of aromatic nitrogens is 2. The van der Waals surface area contributed by atoms with Crippen LogP contribution in [0.3, 0.4) is 0 Å². The number of hydrogen-bond donors (Lipinski definition) is 1. The number of halogens is 1. The maximum Gasteiger partial charge on any atom is 0.265 e. The van der Waals surface area contributed by atoms with Gasteiger partial charge in [-0.15, -0.1) is 11.8 Å². The number of aryl methyl sites for hydroxylation is 2. The standard InChI is InChI=1S/C23H20ClN3O2S2/c1-15-12-22(21(13-19(15)24)30-14-17-8-4-3-5-9-17)31(28,29)27-23-25-16(2)18-10-6-7-11-20(18)26-23/h3-13H,14H2,1-2H3,(H,25,26,27). The fourth-order valence-electron chi connectivity index (χ4n) is 3.15. The monoisotopic (exact) mass is 469 g/mol. The maximum atomic E-state index is 13.3. The number of nitrogens with one attached hydrogen (secondary N) is 1. The molecule has 3 aromatic carbocycles. The van der Waals surface area contributed by atoms with Gasteiger partial charge in [0.2, 0.25) is 5.95 Å². The average Bonchev–Trinajstić information content (AvgIpc) is 2.74. The van der Waals surface area contributed by atoms with Crippen LogP contribution in [0, 0.1) is 13.8 Å². The van der Waals surface area contributed by atoms with Crippen molar-refractivity contribution in [2.45, 2.75) is 29.4 Å². The van der Waals surface area contributed by atoms with Gasteiger partial charge in [-0.05, 0) is 43.2 Å². The van der Waals surface area contributed by atoms with E-state index in [0.717, 1.165) is 10.9 Å². The molecular weight excluding hydrogens is 450 g/mol.